The standard InChI is InChI=1S/C26H28N6O6S3/c1-5-13(2)21(34)31(4)25(38)28-17(15-9-7-6-8-10-15)20(33)27-18-22(35)32-19(24(36)37)16(11-39-23(18)32)12-40-26-30-29-14(3)41-26/h5-10,17-18,23H,11-12H2,1-4H3,(H,27,33)(H,28,38)(H,36,37)/b13-5+/t17-,18?,23-/m1/s1. The lowest BCUT2D eigenvalue weighted by Crippen LogP contribution is -2.71. The highest BCUT2D eigenvalue weighted by Gasteiger charge is 2.54. The summed E-state index contributed by atoms with van der Waals surface area (Å²) < 4.78 is 0.703. The number of allylic oxidation sites excluding steroid dienone is 1. The molecule has 2 aliphatic heterocycles. The number of amides is 5. The van der Waals surface area contributed by atoms with Crippen molar-refractivity contribution in [2.45, 2.75) is 42.6 Å². The van der Waals surface area contributed by atoms with Crippen LogP contribution in [-0.4, -0.2) is 84.8 Å². The second-order valence-corrected chi connectivity index (χ2v) is 12.7. The molecule has 1 unspecified atom stereocenters. The fourth-order valence-electron chi connectivity index (χ4n) is 4.16. The number of carbonyl (C=O) groups is 5. The van der Waals surface area contributed by atoms with E-state index in [0.717, 1.165) is 9.91 Å². The third kappa shape index (κ3) is 6.47. The second kappa shape index (κ2) is 12.9. The van der Waals surface area contributed by atoms with Crippen LogP contribution in [0.1, 0.15) is 30.5 Å². The van der Waals surface area contributed by atoms with Crippen molar-refractivity contribution in [3.05, 3.63) is 63.8 Å². The number of aliphatic carboxylic acids is 1. The van der Waals surface area contributed by atoms with Gasteiger partial charge < -0.3 is 15.7 Å². The maximum Gasteiger partial charge on any atom is 0.352 e. The van der Waals surface area contributed by atoms with Gasteiger partial charge in [-0.3, -0.25) is 24.2 Å². The molecule has 0 saturated carbocycles. The van der Waals surface area contributed by atoms with Gasteiger partial charge in [0.15, 0.2) is 4.34 Å². The Balaban J connectivity index is 1.49. The average Bonchev–Trinajstić information content (AvgIpc) is 3.40. The van der Waals surface area contributed by atoms with Crippen molar-refractivity contribution >= 4 is 64.6 Å². The molecule has 4 rings (SSSR count). The number of urea groups is 1. The predicted octanol–water partition coefficient (Wildman–Crippen LogP) is 2.55. The number of nitrogens with zero attached hydrogens (tertiary/aromatic N) is 4. The summed E-state index contributed by atoms with van der Waals surface area (Å²) in [5.41, 5.74) is 1.29. The maximum absolute atomic E-state index is 13.5. The third-order valence-corrected chi connectivity index (χ3v) is 9.87. The first-order valence-electron chi connectivity index (χ1n) is 12.4. The number of hydrogen-bond donors (Lipinski definition) is 3. The molecule has 0 spiro atoms. The molecule has 1 fully saturated rings. The van der Waals surface area contributed by atoms with E-state index in [4.69, 9.17) is 0 Å². The number of benzene rings is 1. The van der Waals surface area contributed by atoms with Crippen LogP contribution in [0, 0.1) is 6.92 Å². The number of carboxylic acids is 1. The molecular weight excluding hydrogens is 589 g/mol. The first kappa shape index (κ1) is 30.3. The Kier molecular flexibility index (Phi) is 9.50. The number of aryl methyl sites for hydroxylation is 1. The zero-order valence-corrected chi connectivity index (χ0v) is 25.1. The zero-order valence-electron chi connectivity index (χ0n) is 22.6. The lowest BCUT2D eigenvalue weighted by molar-refractivity contribution is -0.151. The minimum Gasteiger partial charge on any atom is -0.477 e. The number of nitrogens with one attached hydrogen (secondary N) is 2. The van der Waals surface area contributed by atoms with Crippen LogP contribution in [0.4, 0.5) is 4.79 Å². The van der Waals surface area contributed by atoms with E-state index >= 15 is 0 Å². The number of rotatable bonds is 9. The van der Waals surface area contributed by atoms with Crippen LogP contribution in [0.25, 0.3) is 0 Å². The number of carboxylic acid groups (broad SMARTS) is 1. The Morgan fingerprint density at radius 1 is 1.24 bits per heavy atom. The van der Waals surface area contributed by atoms with Crippen LogP contribution < -0.4 is 10.6 Å². The number of likely N-dealkylation sites (N-methyl/N-ethyl adjacent to an activating group) is 1. The number of imide groups is 1. The largest absolute Gasteiger partial charge is 0.477 e. The number of aromatic nitrogens is 2. The molecule has 216 valence electrons. The normalized spacial score (nSPS) is 19.2. The van der Waals surface area contributed by atoms with Gasteiger partial charge in [0.2, 0.25) is 5.91 Å². The number of thioether (sulfide) groups is 2. The minimum absolute atomic E-state index is 0.0922. The topological polar surface area (TPSA) is 162 Å². The quantitative estimate of drug-likeness (QED) is 0.217. The molecule has 1 aromatic carbocycles. The van der Waals surface area contributed by atoms with Gasteiger partial charge in [-0.25, -0.2) is 9.59 Å². The summed E-state index contributed by atoms with van der Waals surface area (Å²) in [6.07, 6.45) is 1.57. The molecule has 41 heavy (non-hydrogen) atoms. The Morgan fingerprint density at radius 3 is 2.56 bits per heavy atom. The monoisotopic (exact) mass is 616 g/mol. The minimum atomic E-state index is -1.23. The van der Waals surface area contributed by atoms with Crippen LogP contribution in [0.5, 0.6) is 0 Å². The van der Waals surface area contributed by atoms with Gasteiger partial charge in [0.1, 0.15) is 28.2 Å². The summed E-state index contributed by atoms with van der Waals surface area (Å²) in [6.45, 7) is 5.08. The van der Waals surface area contributed by atoms with E-state index in [0.29, 0.717) is 32.6 Å². The molecule has 2 aromatic rings. The molecular formula is C26H28N6O6S3. The van der Waals surface area contributed by atoms with Crippen LogP contribution in [0.15, 0.2) is 57.6 Å². The highest BCUT2D eigenvalue weighted by molar-refractivity contribution is 8.01. The van der Waals surface area contributed by atoms with Crippen LogP contribution in [0.2, 0.25) is 0 Å². The first-order valence-corrected chi connectivity index (χ1v) is 15.3. The molecule has 5 amide bonds. The summed E-state index contributed by atoms with van der Waals surface area (Å²) in [5.74, 6) is -2.29. The van der Waals surface area contributed by atoms with Crippen molar-refractivity contribution in [2.24, 2.45) is 0 Å². The molecule has 0 radical (unpaired) electrons. The van der Waals surface area contributed by atoms with Crippen molar-refractivity contribution in [1.82, 2.24) is 30.6 Å². The van der Waals surface area contributed by atoms with Crippen molar-refractivity contribution in [3.63, 3.8) is 0 Å². The molecule has 0 aliphatic carbocycles. The Bertz CT molecular complexity index is 1440. The SMILES string of the molecule is C/C=C(\C)C(=O)N(C)C(=O)N[C@@H](C(=O)NC1C(=O)N2C(C(=O)O)=C(CSc3nnc(C)s3)CS[C@H]12)c1ccccc1. The van der Waals surface area contributed by atoms with Gasteiger partial charge in [0, 0.05) is 24.1 Å². The van der Waals surface area contributed by atoms with E-state index in [1.54, 1.807) is 50.3 Å². The third-order valence-electron chi connectivity index (χ3n) is 6.47. The van der Waals surface area contributed by atoms with Crippen molar-refractivity contribution in [3.8, 4) is 0 Å². The van der Waals surface area contributed by atoms with Gasteiger partial charge in [-0.2, -0.15) is 0 Å². The summed E-state index contributed by atoms with van der Waals surface area (Å²) in [5, 5.41) is 23.4. The van der Waals surface area contributed by atoms with Gasteiger partial charge in [0.05, 0.1) is 0 Å². The Morgan fingerprint density at radius 2 is 1.95 bits per heavy atom. The van der Waals surface area contributed by atoms with Crippen LogP contribution in [-0.2, 0) is 19.2 Å². The van der Waals surface area contributed by atoms with Gasteiger partial charge >= 0.3 is 12.0 Å². The van der Waals surface area contributed by atoms with E-state index in [2.05, 4.69) is 20.8 Å². The van der Waals surface area contributed by atoms with Gasteiger partial charge in [-0.15, -0.1) is 22.0 Å². The molecule has 1 aromatic heterocycles. The summed E-state index contributed by atoms with van der Waals surface area (Å²) in [4.78, 5) is 66.3. The van der Waals surface area contributed by atoms with Crippen LogP contribution in [0.3, 0.4) is 0 Å². The molecule has 2 aliphatic rings. The molecule has 12 nitrogen and oxygen atoms in total. The summed E-state index contributed by atoms with van der Waals surface area (Å²) in [7, 11) is 1.30. The molecule has 15 heteroatoms. The number of carbonyl (C=O) groups excluding carboxylic acids is 4. The summed E-state index contributed by atoms with van der Waals surface area (Å²) >= 11 is 4.10. The van der Waals surface area contributed by atoms with Gasteiger partial charge in [-0.05, 0) is 31.9 Å². The molecule has 3 N–H and O–H groups in total. The van der Waals surface area contributed by atoms with E-state index in [1.165, 1.54) is 46.8 Å². The number of hydrogen-bond acceptors (Lipinski definition) is 10. The van der Waals surface area contributed by atoms with Crippen LogP contribution >= 0.6 is 34.9 Å². The van der Waals surface area contributed by atoms with Gasteiger partial charge in [0.25, 0.3) is 11.8 Å². The number of β-lactam (4-membered cyclic amide) rings is 1. The fourth-order valence-corrected chi connectivity index (χ4v) is 7.46. The Hall–Kier alpha value is -3.69. The zero-order chi connectivity index (χ0) is 29.8. The lowest BCUT2D eigenvalue weighted by Gasteiger charge is -2.49. The molecule has 1 saturated heterocycles. The smallest absolute Gasteiger partial charge is 0.352 e. The van der Waals surface area contributed by atoms with Crippen molar-refractivity contribution in [2.75, 3.05) is 18.6 Å². The van der Waals surface area contributed by atoms with Crippen molar-refractivity contribution < 1.29 is 29.1 Å². The summed E-state index contributed by atoms with van der Waals surface area (Å²) in [6, 6.07) is 5.43. The van der Waals surface area contributed by atoms with E-state index in [9.17, 15) is 29.1 Å². The predicted molar refractivity (Wildman–Crippen MR) is 155 cm³/mol. The van der Waals surface area contributed by atoms with E-state index < -0.39 is 47.2 Å². The maximum atomic E-state index is 13.5. The highest BCUT2D eigenvalue weighted by Crippen LogP contribution is 2.42. The fraction of sp³-hybridized carbons (Fsp3) is 0.346. The highest BCUT2D eigenvalue weighted by atomic mass is 32.2. The van der Waals surface area contributed by atoms with Gasteiger partial charge in [-0.1, -0.05) is 59.5 Å². The van der Waals surface area contributed by atoms with E-state index in [1.807, 2.05) is 6.92 Å². The Labute approximate surface area is 248 Å². The average molecular weight is 617 g/mol. The van der Waals surface area contributed by atoms with Crippen molar-refractivity contribution in [1.29, 1.82) is 0 Å². The molecule has 0 bridgehead atoms. The second-order valence-electron chi connectivity index (χ2n) is 9.16. The first-order chi connectivity index (χ1) is 19.5. The van der Waals surface area contributed by atoms with E-state index in [-0.39, 0.29) is 5.70 Å². The molecule has 3 atom stereocenters. The number of fused-ring (bicyclic) bond motifs is 1. The molecule has 3 heterocycles. The lowest BCUT2D eigenvalue weighted by atomic mass is 10.0.